The van der Waals surface area contributed by atoms with Crippen LogP contribution in [-0.2, 0) is 12.8 Å². The lowest BCUT2D eigenvalue weighted by Crippen LogP contribution is -2.50. The van der Waals surface area contributed by atoms with Crippen LogP contribution >= 0.6 is 12.4 Å². The van der Waals surface area contributed by atoms with E-state index in [1.165, 1.54) is 48.9 Å². The van der Waals surface area contributed by atoms with Gasteiger partial charge in [-0.3, -0.25) is 4.79 Å². The molecule has 3 aliphatic heterocycles. The highest BCUT2D eigenvalue weighted by Gasteiger charge is 2.36. The van der Waals surface area contributed by atoms with E-state index in [1.54, 1.807) is 0 Å². The van der Waals surface area contributed by atoms with Gasteiger partial charge in [-0.15, -0.1) is 12.4 Å². The number of benzene rings is 1. The van der Waals surface area contributed by atoms with Gasteiger partial charge in [-0.1, -0.05) is 12.1 Å². The largest absolute Gasteiger partial charge is 0.310 e. The molecule has 3 fully saturated rings. The highest BCUT2D eigenvalue weighted by atomic mass is 35.5. The Kier molecular flexibility index (Phi) is 3.73. The number of aromatic nitrogens is 1. The third-order valence-corrected chi connectivity index (χ3v) is 6.10. The van der Waals surface area contributed by atoms with Gasteiger partial charge in [-0.25, -0.2) is 0 Å². The minimum Gasteiger partial charge on any atom is -0.310 e. The van der Waals surface area contributed by atoms with E-state index in [0.717, 1.165) is 24.8 Å². The van der Waals surface area contributed by atoms with Gasteiger partial charge in [0.25, 0.3) is 5.56 Å². The molecule has 0 saturated carbocycles. The Labute approximate surface area is 142 Å². The Bertz CT molecular complexity index is 805. The van der Waals surface area contributed by atoms with Crippen molar-refractivity contribution in [2.24, 2.45) is 5.92 Å². The van der Waals surface area contributed by atoms with E-state index in [-0.39, 0.29) is 18.0 Å². The van der Waals surface area contributed by atoms with Crippen LogP contribution in [0.4, 0.5) is 0 Å². The maximum Gasteiger partial charge on any atom is 0.258 e. The minimum atomic E-state index is 0. The number of piperidine rings is 3. The van der Waals surface area contributed by atoms with Gasteiger partial charge in [0.2, 0.25) is 0 Å². The summed E-state index contributed by atoms with van der Waals surface area (Å²) in [5.74, 6) is 0.694. The molecule has 3 nitrogen and oxygen atoms in total. The second-order valence-electron chi connectivity index (χ2n) is 7.27. The highest BCUT2D eigenvalue weighted by molar-refractivity contribution is 5.88. The van der Waals surface area contributed by atoms with E-state index >= 15 is 0 Å². The first-order valence-corrected chi connectivity index (χ1v) is 8.69. The summed E-state index contributed by atoms with van der Waals surface area (Å²) >= 11 is 0. The average molecular weight is 331 g/mol. The topological polar surface area (TPSA) is 25.2 Å². The van der Waals surface area contributed by atoms with E-state index in [0.29, 0.717) is 12.0 Å². The van der Waals surface area contributed by atoms with E-state index in [9.17, 15) is 4.79 Å². The predicted molar refractivity (Wildman–Crippen MR) is 95.7 cm³/mol. The summed E-state index contributed by atoms with van der Waals surface area (Å²) in [6.45, 7) is 3.51. The molecule has 1 aliphatic carbocycles. The smallest absolute Gasteiger partial charge is 0.258 e. The molecule has 2 bridgehead atoms. The second-order valence-corrected chi connectivity index (χ2v) is 7.27. The number of hydrogen-bond donors (Lipinski definition) is 0. The Morgan fingerprint density at radius 2 is 1.83 bits per heavy atom. The maximum atomic E-state index is 13.1. The maximum absolute atomic E-state index is 13.1. The summed E-state index contributed by atoms with van der Waals surface area (Å²) in [6.07, 6.45) is 8.17. The monoisotopic (exact) mass is 330 g/mol. The molecule has 23 heavy (non-hydrogen) atoms. The van der Waals surface area contributed by atoms with Crippen molar-refractivity contribution in [2.75, 3.05) is 19.6 Å². The zero-order valence-electron chi connectivity index (χ0n) is 13.3. The molecule has 2 aromatic rings. The van der Waals surface area contributed by atoms with Crippen molar-refractivity contribution >= 4 is 23.2 Å². The molecule has 0 spiro atoms. The van der Waals surface area contributed by atoms with Gasteiger partial charge in [0, 0.05) is 18.1 Å². The van der Waals surface area contributed by atoms with Crippen molar-refractivity contribution in [3.8, 4) is 0 Å². The third-order valence-electron chi connectivity index (χ3n) is 6.10. The van der Waals surface area contributed by atoms with E-state index in [4.69, 9.17) is 0 Å². The third kappa shape index (κ3) is 2.25. The quantitative estimate of drug-likeness (QED) is 0.802. The highest BCUT2D eigenvalue weighted by Crippen LogP contribution is 2.36. The van der Waals surface area contributed by atoms with Gasteiger partial charge in [0.05, 0.1) is 6.04 Å². The Hall–Kier alpha value is -1.32. The number of hydrogen-bond acceptors (Lipinski definition) is 2. The Morgan fingerprint density at radius 1 is 1.04 bits per heavy atom. The Morgan fingerprint density at radius 3 is 2.57 bits per heavy atom. The van der Waals surface area contributed by atoms with Gasteiger partial charge < -0.3 is 9.47 Å². The number of rotatable bonds is 1. The van der Waals surface area contributed by atoms with Crippen molar-refractivity contribution in [1.82, 2.24) is 9.47 Å². The molecule has 1 aromatic heterocycles. The zero-order chi connectivity index (χ0) is 14.7. The number of halogens is 1. The fraction of sp³-hybridized carbons (Fsp3) is 0.526. The van der Waals surface area contributed by atoms with Crippen LogP contribution < -0.4 is 5.56 Å². The molecule has 4 heterocycles. The first-order chi connectivity index (χ1) is 10.8. The fourth-order valence-electron chi connectivity index (χ4n) is 4.95. The first-order valence-electron chi connectivity index (χ1n) is 8.69. The van der Waals surface area contributed by atoms with Gasteiger partial charge >= 0.3 is 0 Å². The summed E-state index contributed by atoms with van der Waals surface area (Å²) < 4.78 is 2.10. The zero-order valence-corrected chi connectivity index (χ0v) is 14.1. The van der Waals surface area contributed by atoms with E-state index in [1.807, 2.05) is 6.07 Å². The lowest BCUT2D eigenvalue weighted by Gasteiger charge is -2.45. The van der Waals surface area contributed by atoms with Gasteiger partial charge in [0.1, 0.15) is 0 Å². The number of nitrogens with zero attached hydrogens (tertiary/aromatic N) is 2. The lowest BCUT2D eigenvalue weighted by atomic mass is 9.83. The second kappa shape index (κ2) is 5.64. The molecule has 4 heteroatoms. The van der Waals surface area contributed by atoms with Crippen molar-refractivity contribution < 1.29 is 0 Å². The van der Waals surface area contributed by atoms with Gasteiger partial charge in [-0.05, 0) is 73.7 Å². The van der Waals surface area contributed by atoms with Crippen LogP contribution in [0.3, 0.4) is 0 Å². The number of aryl methyl sites for hydroxylation is 2. The minimum absolute atomic E-state index is 0. The first kappa shape index (κ1) is 15.2. The van der Waals surface area contributed by atoms with E-state index < -0.39 is 0 Å². The van der Waals surface area contributed by atoms with Crippen molar-refractivity contribution in [2.45, 2.75) is 38.1 Å². The molecule has 3 saturated heterocycles. The molecule has 1 unspecified atom stereocenters. The van der Waals surface area contributed by atoms with Crippen LogP contribution in [0.25, 0.3) is 10.8 Å². The van der Waals surface area contributed by atoms with Gasteiger partial charge in [0.15, 0.2) is 0 Å². The molecule has 4 aliphatic rings. The fourth-order valence-corrected chi connectivity index (χ4v) is 4.95. The summed E-state index contributed by atoms with van der Waals surface area (Å²) in [5.41, 5.74) is 3.01. The Balaban J connectivity index is 0.00000135. The van der Waals surface area contributed by atoms with Crippen LogP contribution in [0, 0.1) is 5.92 Å². The van der Waals surface area contributed by atoms with E-state index in [2.05, 4.69) is 27.8 Å². The average Bonchev–Trinajstić information content (AvgIpc) is 2.59. The van der Waals surface area contributed by atoms with Crippen LogP contribution in [0.1, 0.15) is 36.4 Å². The molecule has 122 valence electrons. The van der Waals surface area contributed by atoms with Crippen molar-refractivity contribution in [3.05, 3.63) is 45.9 Å². The molecule has 1 aromatic carbocycles. The summed E-state index contributed by atoms with van der Waals surface area (Å²) in [4.78, 5) is 15.6. The van der Waals surface area contributed by atoms with Crippen LogP contribution in [-0.4, -0.2) is 29.1 Å². The van der Waals surface area contributed by atoms with Gasteiger partial charge in [-0.2, -0.15) is 0 Å². The van der Waals surface area contributed by atoms with Crippen molar-refractivity contribution in [3.63, 3.8) is 0 Å². The standard InChI is InChI=1S/C19H22N2O.ClH/c22-19-16-6-2-4-14-3-1-5-15(18(14)16)11-21(19)17-12-20-9-7-13(17)8-10-20;/h2,4,6,11,13,17H,1,3,5,7-10,12H2;1H. The molecule has 6 rings (SSSR count). The van der Waals surface area contributed by atoms with Crippen LogP contribution in [0.2, 0.25) is 0 Å². The molecule has 0 N–H and O–H groups in total. The molecular weight excluding hydrogens is 308 g/mol. The van der Waals surface area contributed by atoms with Crippen molar-refractivity contribution in [1.29, 1.82) is 0 Å². The number of pyridine rings is 1. The summed E-state index contributed by atoms with van der Waals surface area (Å²) in [6, 6.07) is 6.69. The molecule has 0 amide bonds. The normalized spacial score (nSPS) is 28.6. The lowest BCUT2D eigenvalue weighted by molar-refractivity contribution is 0.0555. The van der Waals surface area contributed by atoms with Crippen LogP contribution in [0.15, 0.2) is 29.2 Å². The molecule has 1 atom stereocenters. The summed E-state index contributed by atoms with van der Waals surface area (Å²) in [7, 11) is 0. The molecule has 0 radical (unpaired) electrons. The predicted octanol–water partition coefficient (Wildman–Crippen LogP) is 3.18. The molecular formula is C19H23ClN2O. The summed E-state index contributed by atoms with van der Waals surface area (Å²) in [5, 5.41) is 2.21. The number of fused-ring (bicyclic) bond motifs is 3. The van der Waals surface area contributed by atoms with Crippen LogP contribution in [0.5, 0.6) is 0 Å². The SMILES string of the molecule is Cl.O=c1c2cccc3c2c(cn1C1CN2CCC1CC2)CCC3.